The van der Waals surface area contributed by atoms with Gasteiger partial charge in [0.2, 0.25) is 5.91 Å². The summed E-state index contributed by atoms with van der Waals surface area (Å²) in [6.45, 7) is 7.04. The van der Waals surface area contributed by atoms with Crippen LogP contribution in [0, 0.1) is 11.8 Å². The van der Waals surface area contributed by atoms with E-state index >= 15 is 0 Å². The first-order valence-electron chi connectivity index (χ1n) is 6.74. The van der Waals surface area contributed by atoms with Crippen molar-refractivity contribution in [3.8, 4) is 0 Å². The molecule has 4 heteroatoms. The van der Waals surface area contributed by atoms with Crippen LogP contribution in [0.3, 0.4) is 0 Å². The van der Waals surface area contributed by atoms with Crippen molar-refractivity contribution in [1.29, 1.82) is 0 Å². The van der Waals surface area contributed by atoms with Gasteiger partial charge < -0.3 is 16.0 Å². The first kappa shape index (κ1) is 14.5. The maximum absolute atomic E-state index is 11.9. The van der Waals surface area contributed by atoms with E-state index in [2.05, 4.69) is 31.1 Å². The van der Waals surface area contributed by atoms with Gasteiger partial charge in [-0.1, -0.05) is 20.3 Å². The van der Waals surface area contributed by atoms with Crippen molar-refractivity contribution in [3.05, 3.63) is 0 Å². The second-order valence-electron chi connectivity index (χ2n) is 5.42. The van der Waals surface area contributed by atoms with Crippen LogP contribution in [0.1, 0.15) is 33.1 Å². The van der Waals surface area contributed by atoms with E-state index in [0.29, 0.717) is 30.8 Å². The van der Waals surface area contributed by atoms with Crippen LogP contribution in [-0.2, 0) is 4.79 Å². The van der Waals surface area contributed by atoms with E-state index in [9.17, 15) is 4.79 Å². The second-order valence-corrected chi connectivity index (χ2v) is 5.42. The molecule has 1 saturated heterocycles. The minimum Gasteiger partial charge on any atom is -0.353 e. The Labute approximate surface area is 105 Å². The molecule has 0 bridgehead atoms. The van der Waals surface area contributed by atoms with Crippen molar-refractivity contribution < 1.29 is 4.79 Å². The normalized spacial score (nSPS) is 27.8. The summed E-state index contributed by atoms with van der Waals surface area (Å²) in [7, 11) is 2.13. The monoisotopic (exact) mass is 241 g/mol. The highest BCUT2D eigenvalue weighted by molar-refractivity contribution is 5.76. The molecule has 0 aromatic carbocycles. The minimum absolute atomic E-state index is 0.170. The Balaban J connectivity index is 2.35. The molecule has 3 N–H and O–H groups in total. The van der Waals surface area contributed by atoms with Gasteiger partial charge in [0.15, 0.2) is 0 Å². The first-order valence-corrected chi connectivity index (χ1v) is 6.74. The van der Waals surface area contributed by atoms with Gasteiger partial charge in [-0.15, -0.1) is 0 Å². The molecule has 0 spiro atoms. The molecule has 4 nitrogen and oxygen atoms in total. The standard InChI is InChI=1S/C13H27N3O/c1-4-11(8-14)7-13(17)15-12-5-6-16(3)9-10(12)2/h10-12H,4-9,14H2,1-3H3,(H,15,17). The van der Waals surface area contributed by atoms with Crippen LogP contribution < -0.4 is 11.1 Å². The number of carbonyl (C=O) groups is 1. The van der Waals surface area contributed by atoms with Gasteiger partial charge in [-0.05, 0) is 38.4 Å². The van der Waals surface area contributed by atoms with Gasteiger partial charge in [0.05, 0.1) is 0 Å². The Hall–Kier alpha value is -0.610. The molecule has 0 aromatic heterocycles. The number of hydrogen-bond donors (Lipinski definition) is 2. The summed E-state index contributed by atoms with van der Waals surface area (Å²) in [5.41, 5.74) is 5.62. The van der Waals surface area contributed by atoms with Gasteiger partial charge in [-0.2, -0.15) is 0 Å². The van der Waals surface area contributed by atoms with E-state index < -0.39 is 0 Å². The van der Waals surface area contributed by atoms with Gasteiger partial charge in [0.25, 0.3) is 0 Å². The number of nitrogens with one attached hydrogen (secondary N) is 1. The van der Waals surface area contributed by atoms with Crippen LogP contribution in [0.15, 0.2) is 0 Å². The quantitative estimate of drug-likeness (QED) is 0.749. The molecule has 3 atom stereocenters. The summed E-state index contributed by atoms with van der Waals surface area (Å²) < 4.78 is 0. The second kappa shape index (κ2) is 6.97. The third kappa shape index (κ3) is 4.64. The molecule has 1 rings (SSSR count). The first-order chi connectivity index (χ1) is 8.06. The maximum Gasteiger partial charge on any atom is 0.220 e. The molecule has 0 aromatic rings. The Morgan fingerprint density at radius 3 is 2.82 bits per heavy atom. The van der Waals surface area contributed by atoms with E-state index in [1.54, 1.807) is 0 Å². The van der Waals surface area contributed by atoms with Crippen LogP contribution in [0.25, 0.3) is 0 Å². The summed E-state index contributed by atoms with van der Waals surface area (Å²) in [6, 6.07) is 0.342. The van der Waals surface area contributed by atoms with Gasteiger partial charge in [-0.3, -0.25) is 4.79 Å². The number of amides is 1. The highest BCUT2D eigenvalue weighted by Gasteiger charge is 2.25. The lowest BCUT2D eigenvalue weighted by Crippen LogP contribution is -2.49. The van der Waals surface area contributed by atoms with Crippen molar-refractivity contribution in [1.82, 2.24) is 10.2 Å². The number of hydrogen-bond acceptors (Lipinski definition) is 3. The Bertz CT molecular complexity index is 241. The van der Waals surface area contributed by atoms with Crippen LogP contribution in [0.4, 0.5) is 0 Å². The molecule has 1 heterocycles. The molecule has 1 fully saturated rings. The van der Waals surface area contributed by atoms with E-state index in [0.717, 1.165) is 25.9 Å². The lowest BCUT2D eigenvalue weighted by molar-refractivity contribution is -0.123. The minimum atomic E-state index is 0.170. The molecule has 1 amide bonds. The van der Waals surface area contributed by atoms with Crippen molar-refractivity contribution >= 4 is 5.91 Å². The van der Waals surface area contributed by atoms with Crippen LogP contribution in [-0.4, -0.2) is 43.5 Å². The molecule has 17 heavy (non-hydrogen) atoms. The van der Waals surface area contributed by atoms with E-state index in [1.807, 2.05) is 0 Å². The van der Waals surface area contributed by atoms with Crippen LogP contribution >= 0.6 is 0 Å². The van der Waals surface area contributed by atoms with Crippen LogP contribution in [0.5, 0.6) is 0 Å². The van der Waals surface area contributed by atoms with Gasteiger partial charge >= 0.3 is 0 Å². The Morgan fingerprint density at radius 2 is 2.29 bits per heavy atom. The predicted molar refractivity (Wildman–Crippen MR) is 70.7 cm³/mol. The fourth-order valence-electron chi connectivity index (χ4n) is 2.49. The summed E-state index contributed by atoms with van der Waals surface area (Å²) in [5.74, 6) is 1.04. The Kier molecular flexibility index (Phi) is 5.92. The molecule has 3 unspecified atom stereocenters. The molecule has 100 valence electrons. The van der Waals surface area contributed by atoms with Gasteiger partial charge in [-0.25, -0.2) is 0 Å². The lowest BCUT2D eigenvalue weighted by Gasteiger charge is -2.35. The molecular weight excluding hydrogens is 214 g/mol. The predicted octanol–water partition coefficient (Wildman–Crippen LogP) is 0.818. The zero-order valence-electron chi connectivity index (χ0n) is 11.4. The summed E-state index contributed by atoms with van der Waals surface area (Å²) >= 11 is 0. The summed E-state index contributed by atoms with van der Waals surface area (Å²) in [6.07, 6.45) is 2.61. The average Bonchev–Trinajstić information content (AvgIpc) is 2.29. The number of likely N-dealkylation sites (tertiary alicyclic amines) is 1. The third-order valence-corrected chi connectivity index (χ3v) is 3.84. The smallest absolute Gasteiger partial charge is 0.220 e. The fourth-order valence-corrected chi connectivity index (χ4v) is 2.49. The zero-order valence-corrected chi connectivity index (χ0v) is 11.4. The summed E-state index contributed by atoms with van der Waals surface area (Å²) in [4.78, 5) is 14.2. The van der Waals surface area contributed by atoms with Crippen molar-refractivity contribution in [3.63, 3.8) is 0 Å². The fraction of sp³-hybridized carbons (Fsp3) is 0.923. The highest BCUT2D eigenvalue weighted by atomic mass is 16.1. The Morgan fingerprint density at radius 1 is 1.59 bits per heavy atom. The molecule has 1 aliphatic heterocycles. The van der Waals surface area contributed by atoms with Crippen molar-refractivity contribution in [2.24, 2.45) is 17.6 Å². The number of piperidine rings is 1. The largest absolute Gasteiger partial charge is 0.353 e. The van der Waals surface area contributed by atoms with E-state index in [1.165, 1.54) is 0 Å². The molecule has 0 radical (unpaired) electrons. The molecule has 0 aliphatic carbocycles. The zero-order chi connectivity index (χ0) is 12.8. The van der Waals surface area contributed by atoms with E-state index in [-0.39, 0.29) is 5.91 Å². The van der Waals surface area contributed by atoms with Crippen molar-refractivity contribution in [2.75, 3.05) is 26.7 Å². The summed E-state index contributed by atoms with van der Waals surface area (Å²) in [5, 5.41) is 3.17. The molecule has 1 aliphatic rings. The number of nitrogens with two attached hydrogens (primary N) is 1. The number of rotatable bonds is 5. The SMILES string of the molecule is CCC(CN)CC(=O)NC1CCN(C)CC1C. The molecule has 0 saturated carbocycles. The number of nitrogens with zero attached hydrogens (tertiary/aromatic N) is 1. The van der Waals surface area contributed by atoms with E-state index in [4.69, 9.17) is 5.73 Å². The topological polar surface area (TPSA) is 58.4 Å². The number of carbonyl (C=O) groups excluding carboxylic acids is 1. The average molecular weight is 241 g/mol. The van der Waals surface area contributed by atoms with Crippen molar-refractivity contribution in [2.45, 2.75) is 39.2 Å². The van der Waals surface area contributed by atoms with Gasteiger partial charge in [0.1, 0.15) is 0 Å². The van der Waals surface area contributed by atoms with Crippen LogP contribution in [0.2, 0.25) is 0 Å². The molecular formula is C13H27N3O. The maximum atomic E-state index is 11.9. The lowest BCUT2D eigenvalue weighted by atomic mass is 9.93. The third-order valence-electron chi connectivity index (χ3n) is 3.84. The highest BCUT2D eigenvalue weighted by Crippen LogP contribution is 2.16. The van der Waals surface area contributed by atoms with Gasteiger partial charge in [0, 0.05) is 19.0 Å².